The van der Waals surface area contributed by atoms with E-state index in [0.717, 1.165) is 43.1 Å². The molecule has 0 aliphatic rings. The van der Waals surface area contributed by atoms with Gasteiger partial charge in [-0.05, 0) is 31.9 Å². The lowest BCUT2D eigenvalue weighted by Gasteiger charge is -2.13. The van der Waals surface area contributed by atoms with Crippen molar-refractivity contribution in [1.29, 1.82) is 0 Å². The number of hydrogen-bond donors (Lipinski definition) is 0. The molecule has 0 amide bonds. The van der Waals surface area contributed by atoms with Crippen LogP contribution in [0.4, 0.5) is 0 Å². The predicted octanol–water partition coefficient (Wildman–Crippen LogP) is 6.69. The minimum Gasteiger partial charge on any atom is -0.493 e. The average Bonchev–Trinajstić information content (AvgIpc) is 2.56. The molecule has 0 saturated heterocycles. The van der Waals surface area contributed by atoms with E-state index in [0.29, 0.717) is 0 Å². The van der Waals surface area contributed by atoms with Gasteiger partial charge in [-0.15, -0.1) is 0 Å². The van der Waals surface area contributed by atoms with Gasteiger partial charge in [0, 0.05) is 5.56 Å². The highest BCUT2D eigenvalue weighted by Gasteiger charge is 2.06. The zero-order valence-corrected chi connectivity index (χ0v) is 15.5. The maximum atomic E-state index is 5.94. The van der Waals surface area contributed by atoms with Crippen LogP contribution in [0.25, 0.3) is 0 Å². The number of benzene rings is 1. The molecule has 0 aromatic heterocycles. The summed E-state index contributed by atoms with van der Waals surface area (Å²) in [4.78, 5) is 0. The average molecular weight is 321 g/mol. The Hall–Kier alpha value is -1.18. The lowest BCUT2D eigenvalue weighted by Crippen LogP contribution is -2.02. The van der Waals surface area contributed by atoms with Crippen molar-refractivity contribution in [2.45, 2.75) is 85.0 Å². The molecule has 2 nitrogen and oxygen atoms in total. The molecule has 0 atom stereocenters. The Labute approximate surface area is 143 Å². The Bertz CT molecular complexity index is 367. The van der Waals surface area contributed by atoms with Gasteiger partial charge in [0.2, 0.25) is 0 Å². The summed E-state index contributed by atoms with van der Waals surface area (Å²) in [5, 5.41) is 0. The van der Waals surface area contributed by atoms with Gasteiger partial charge in [0.15, 0.2) is 0 Å². The van der Waals surface area contributed by atoms with E-state index in [1.54, 1.807) is 0 Å². The summed E-state index contributed by atoms with van der Waals surface area (Å²) >= 11 is 0. The molecule has 2 heteroatoms. The van der Waals surface area contributed by atoms with Gasteiger partial charge in [0.05, 0.1) is 13.2 Å². The third-order valence-electron chi connectivity index (χ3n) is 4.25. The Morgan fingerprint density at radius 2 is 1.09 bits per heavy atom. The van der Waals surface area contributed by atoms with Crippen molar-refractivity contribution in [3.8, 4) is 11.5 Å². The van der Waals surface area contributed by atoms with Gasteiger partial charge in [-0.1, -0.05) is 71.3 Å². The molecule has 0 aliphatic carbocycles. The monoisotopic (exact) mass is 320 g/mol. The highest BCUT2D eigenvalue weighted by molar-refractivity contribution is 5.43. The van der Waals surface area contributed by atoms with Crippen LogP contribution in [0.2, 0.25) is 0 Å². The zero-order valence-electron chi connectivity index (χ0n) is 15.5. The summed E-state index contributed by atoms with van der Waals surface area (Å²) < 4.78 is 11.9. The Balaban J connectivity index is 2.27. The van der Waals surface area contributed by atoms with Crippen molar-refractivity contribution in [3.05, 3.63) is 23.8 Å². The van der Waals surface area contributed by atoms with Crippen molar-refractivity contribution in [1.82, 2.24) is 0 Å². The van der Waals surface area contributed by atoms with E-state index in [-0.39, 0.29) is 0 Å². The van der Waals surface area contributed by atoms with Gasteiger partial charge in [-0.3, -0.25) is 0 Å². The molecule has 0 saturated carbocycles. The molecule has 1 rings (SSSR count). The van der Waals surface area contributed by atoms with Crippen molar-refractivity contribution in [2.75, 3.05) is 13.2 Å². The Morgan fingerprint density at radius 3 is 1.52 bits per heavy atom. The topological polar surface area (TPSA) is 18.5 Å². The standard InChI is InChI=1S/C21H36O2/c1-4-6-8-10-12-17-22-20-15-14-16-21(19(20)3)23-18-13-11-9-7-5-2/h14-16H,4-13,17-18H2,1-3H3. The fraction of sp³-hybridized carbons (Fsp3) is 0.714. The molecule has 0 spiro atoms. The van der Waals surface area contributed by atoms with Crippen LogP contribution in [0.1, 0.15) is 83.6 Å². The minimum absolute atomic E-state index is 0.811. The van der Waals surface area contributed by atoms with Crippen molar-refractivity contribution in [2.24, 2.45) is 0 Å². The number of ether oxygens (including phenoxy) is 2. The lowest BCUT2D eigenvalue weighted by atomic mass is 10.1. The van der Waals surface area contributed by atoms with Crippen LogP contribution in [0.15, 0.2) is 18.2 Å². The van der Waals surface area contributed by atoms with Crippen LogP contribution in [0, 0.1) is 6.92 Å². The van der Waals surface area contributed by atoms with E-state index >= 15 is 0 Å². The quantitative estimate of drug-likeness (QED) is 0.355. The largest absolute Gasteiger partial charge is 0.493 e. The molecular formula is C21H36O2. The maximum Gasteiger partial charge on any atom is 0.125 e. The molecule has 0 heterocycles. The first-order chi connectivity index (χ1) is 11.3. The second kappa shape index (κ2) is 13.3. The molecule has 0 N–H and O–H groups in total. The molecule has 132 valence electrons. The van der Waals surface area contributed by atoms with Crippen LogP contribution >= 0.6 is 0 Å². The van der Waals surface area contributed by atoms with Crippen LogP contribution in [0.5, 0.6) is 11.5 Å². The molecule has 1 aromatic carbocycles. The molecule has 1 aromatic rings. The third kappa shape index (κ3) is 8.88. The molecule has 23 heavy (non-hydrogen) atoms. The molecule has 0 unspecified atom stereocenters. The summed E-state index contributed by atoms with van der Waals surface area (Å²) in [6, 6.07) is 6.14. The second-order valence-electron chi connectivity index (χ2n) is 6.40. The lowest BCUT2D eigenvalue weighted by molar-refractivity contribution is 0.286. The maximum absolute atomic E-state index is 5.94. The van der Waals surface area contributed by atoms with Gasteiger partial charge in [0.1, 0.15) is 11.5 Å². The highest BCUT2D eigenvalue weighted by Crippen LogP contribution is 2.27. The Kier molecular flexibility index (Phi) is 11.5. The van der Waals surface area contributed by atoms with Gasteiger partial charge < -0.3 is 9.47 Å². The molecule has 0 fully saturated rings. The first-order valence-corrected chi connectivity index (χ1v) is 9.64. The molecule has 0 radical (unpaired) electrons. The summed E-state index contributed by atoms with van der Waals surface area (Å²) in [5.74, 6) is 1.95. The molecule has 0 aliphatic heterocycles. The van der Waals surface area contributed by atoms with Crippen molar-refractivity contribution in [3.63, 3.8) is 0 Å². The fourth-order valence-corrected chi connectivity index (χ4v) is 2.68. The zero-order chi connectivity index (χ0) is 16.8. The Morgan fingerprint density at radius 1 is 0.652 bits per heavy atom. The number of unbranched alkanes of at least 4 members (excludes halogenated alkanes) is 8. The van der Waals surface area contributed by atoms with Crippen LogP contribution in [-0.2, 0) is 0 Å². The molecular weight excluding hydrogens is 284 g/mol. The number of hydrogen-bond acceptors (Lipinski definition) is 2. The summed E-state index contributed by atoms with van der Waals surface area (Å²) in [6.07, 6.45) is 12.7. The van der Waals surface area contributed by atoms with Crippen LogP contribution in [-0.4, -0.2) is 13.2 Å². The van der Waals surface area contributed by atoms with Crippen molar-refractivity contribution >= 4 is 0 Å². The van der Waals surface area contributed by atoms with E-state index < -0.39 is 0 Å². The normalized spacial score (nSPS) is 10.7. The molecule has 0 bridgehead atoms. The van der Waals surface area contributed by atoms with Gasteiger partial charge >= 0.3 is 0 Å². The first kappa shape index (κ1) is 19.9. The smallest absolute Gasteiger partial charge is 0.125 e. The van der Waals surface area contributed by atoms with E-state index in [1.165, 1.54) is 51.4 Å². The van der Waals surface area contributed by atoms with Gasteiger partial charge in [0.25, 0.3) is 0 Å². The van der Waals surface area contributed by atoms with E-state index in [1.807, 2.05) is 6.07 Å². The highest BCUT2D eigenvalue weighted by atomic mass is 16.5. The minimum atomic E-state index is 0.811. The van der Waals surface area contributed by atoms with E-state index in [2.05, 4.69) is 32.9 Å². The first-order valence-electron chi connectivity index (χ1n) is 9.64. The van der Waals surface area contributed by atoms with E-state index in [9.17, 15) is 0 Å². The van der Waals surface area contributed by atoms with Crippen LogP contribution in [0.3, 0.4) is 0 Å². The fourth-order valence-electron chi connectivity index (χ4n) is 2.68. The van der Waals surface area contributed by atoms with Crippen molar-refractivity contribution < 1.29 is 9.47 Å². The summed E-state index contributed by atoms with van der Waals surface area (Å²) in [6.45, 7) is 8.21. The van der Waals surface area contributed by atoms with Crippen LogP contribution < -0.4 is 9.47 Å². The van der Waals surface area contributed by atoms with Gasteiger partial charge in [-0.25, -0.2) is 0 Å². The van der Waals surface area contributed by atoms with E-state index in [4.69, 9.17) is 9.47 Å². The third-order valence-corrected chi connectivity index (χ3v) is 4.25. The summed E-state index contributed by atoms with van der Waals surface area (Å²) in [7, 11) is 0. The number of rotatable bonds is 14. The van der Waals surface area contributed by atoms with Gasteiger partial charge in [-0.2, -0.15) is 0 Å². The second-order valence-corrected chi connectivity index (χ2v) is 6.40. The SMILES string of the molecule is CCCCCCCOc1cccc(OCCCCCCC)c1C. The predicted molar refractivity (Wildman–Crippen MR) is 99.7 cm³/mol. The summed E-state index contributed by atoms with van der Waals surface area (Å²) in [5.41, 5.74) is 1.13.